The Hall–Kier alpha value is -4.85. The van der Waals surface area contributed by atoms with Crippen molar-refractivity contribution in [2.24, 2.45) is 5.92 Å². The summed E-state index contributed by atoms with van der Waals surface area (Å²) in [5.41, 5.74) is -1.17. The van der Waals surface area contributed by atoms with Crippen molar-refractivity contribution < 1.29 is 58.2 Å². The van der Waals surface area contributed by atoms with Crippen LogP contribution in [0.3, 0.4) is 0 Å². The van der Waals surface area contributed by atoms with Gasteiger partial charge in [0.2, 0.25) is 10.0 Å². The highest BCUT2D eigenvalue weighted by atomic mass is 32.2. The molecular formula is C36H38F3N3O11S2. The Bertz CT molecular complexity index is 2300. The van der Waals surface area contributed by atoms with Crippen molar-refractivity contribution in [2.75, 3.05) is 26.8 Å². The third-order valence-corrected chi connectivity index (χ3v) is 12.8. The number of esters is 2. The highest BCUT2D eigenvalue weighted by molar-refractivity contribution is 7.89. The zero-order chi connectivity index (χ0) is 40.3. The smallest absolute Gasteiger partial charge is 0.469 e. The number of rotatable bonds is 10. The number of halogens is 3. The summed E-state index contributed by atoms with van der Waals surface area (Å²) in [6.07, 6.45) is -7.14. The molecule has 3 aromatic carbocycles. The van der Waals surface area contributed by atoms with E-state index in [1.54, 1.807) is 31.2 Å². The van der Waals surface area contributed by atoms with E-state index < -0.39 is 104 Å². The molecule has 3 atom stereocenters. The molecule has 0 aliphatic carbocycles. The van der Waals surface area contributed by atoms with Crippen LogP contribution in [0.2, 0.25) is 0 Å². The molecule has 14 nitrogen and oxygen atoms in total. The number of sulfonamides is 1. The van der Waals surface area contributed by atoms with Gasteiger partial charge < -0.3 is 14.5 Å². The summed E-state index contributed by atoms with van der Waals surface area (Å²) in [5.74, 6) is -5.91. The number of aromatic amines is 1. The summed E-state index contributed by atoms with van der Waals surface area (Å²) in [4.78, 5) is 39.5. The van der Waals surface area contributed by atoms with Crippen LogP contribution in [0.15, 0.2) is 82.6 Å². The van der Waals surface area contributed by atoms with Crippen LogP contribution in [0, 0.1) is 23.0 Å². The number of alkyl halides is 3. The maximum atomic E-state index is 14.5. The number of hydrogen-bond donors (Lipinski definition) is 1. The average molecular weight is 810 g/mol. The van der Waals surface area contributed by atoms with Crippen molar-refractivity contribution >= 4 is 48.7 Å². The van der Waals surface area contributed by atoms with Gasteiger partial charge in [0.1, 0.15) is 5.60 Å². The minimum absolute atomic E-state index is 0.178. The molecule has 1 unspecified atom stereocenters. The third kappa shape index (κ3) is 9.01. The topological polar surface area (TPSA) is 192 Å². The molecule has 0 spiro atoms. The molecule has 0 bridgehead atoms. The lowest BCUT2D eigenvalue weighted by atomic mass is 9.82. The molecule has 0 radical (unpaired) electrons. The van der Waals surface area contributed by atoms with E-state index in [4.69, 9.17) is 13.7 Å². The van der Waals surface area contributed by atoms with Gasteiger partial charge in [0.25, 0.3) is 15.8 Å². The molecule has 1 aromatic heterocycles. The van der Waals surface area contributed by atoms with E-state index in [-0.39, 0.29) is 23.4 Å². The van der Waals surface area contributed by atoms with Crippen LogP contribution >= 0.6 is 0 Å². The van der Waals surface area contributed by atoms with Gasteiger partial charge in [0.15, 0.2) is 4.90 Å². The zero-order valence-corrected chi connectivity index (χ0v) is 31.5. The van der Waals surface area contributed by atoms with Gasteiger partial charge in [0.05, 0.1) is 36.0 Å². The van der Waals surface area contributed by atoms with Crippen molar-refractivity contribution in [1.29, 1.82) is 0 Å². The number of nitro groups is 1. The zero-order valence-electron chi connectivity index (χ0n) is 29.9. The van der Waals surface area contributed by atoms with E-state index in [0.717, 1.165) is 24.8 Å². The number of aromatic nitrogens is 1. The number of methoxy groups -OCH3 is 1. The number of carbonyl (C=O) groups is 2. The quantitative estimate of drug-likeness (QED) is 0.0863. The third-order valence-electron chi connectivity index (χ3n) is 9.62. The molecule has 4 aromatic rings. The van der Waals surface area contributed by atoms with Crippen LogP contribution in [0.25, 0.3) is 10.9 Å². The van der Waals surface area contributed by atoms with Crippen molar-refractivity contribution in [3.05, 3.63) is 99.7 Å². The number of hydrogen-bond acceptors (Lipinski definition) is 11. The Morgan fingerprint density at radius 2 is 1.67 bits per heavy atom. The Labute approximate surface area is 314 Å². The number of nitrogens with zero attached hydrogens (tertiary/aromatic N) is 2. The molecule has 1 N–H and O–H groups in total. The van der Waals surface area contributed by atoms with Crippen LogP contribution < -0.4 is 0 Å². The molecule has 0 saturated carbocycles. The van der Waals surface area contributed by atoms with Crippen molar-refractivity contribution in [3.8, 4) is 0 Å². The SMILES string of the molecule is CC[C@]1(OC(=O)C(F)(F)F)C[C@H](COS(=O)(=O)c2ccc(C)cc2)CC(C(=O)OC)c2[nH]c3ccccc3c2CCN(S(=O)(=O)c2ccccc2[N+](=O)[O-])C1. The van der Waals surface area contributed by atoms with E-state index in [9.17, 15) is 49.7 Å². The Balaban J connectivity index is 1.73. The van der Waals surface area contributed by atoms with E-state index >= 15 is 0 Å². The lowest BCUT2D eigenvalue weighted by Crippen LogP contribution is -2.51. The number of fused-ring (bicyclic) bond motifs is 3. The van der Waals surface area contributed by atoms with Crippen molar-refractivity contribution in [2.45, 2.75) is 67.0 Å². The minimum atomic E-state index is -5.54. The second-order valence-electron chi connectivity index (χ2n) is 13.2. The summed E-state index contributed by atoms with van der Waals surface area (Å²) in [6.45, 7) is 0.874. The number of benzene rings is 3. The molecule has 0 fully saturated rings. The van der Waals surface area contributed by atoms with Crippen LogP contribution in [0.5, 0.6) is 0 Å². The molecule has 2 heterocycles. The summed E-state index contributed by atoms with van der Waals surface area (Å²) in [6, 6.07) is 16.9. The first kappa shape index (κ1) is 41.3. The first-order chi connectivity index (χ1) is 25.8. The molecule has 0 saturated heterocycles. The normalized spacial score (nSPS) is 20.3. The van der Waals surface area contributed by atoms with Gasteiger partial charge in [0, 0.05) is 29.2 Å². The van der Waals surface area contributed by atoms with Gasteiger partial charge in [-0.05, 0) is 68.4 Å². The number of ether oxygens (including phenoxy) is 2. The van der Waals surface area contributed by atoms with Gasteiger partial charge >= 0.3 is 18.1 Å². The monoisotopic (exact) mass is 809 g/mol. The molecule has 0 amide bonds. The van der Waals surface area contributed by atoms with Gasteiger partial charge in [-0.25, -0.2) is 13.2 Å². The van der Waals surface area contributed by atoms with E-state index in [0.29, 0.717) is 20.8 Å². The molecule has 296 valence electrons. The molecule has 1 aliphatic rings. The average Bonchev–Trinajstić information content (AvgIpc) is 3.50. The predicted octanol–water partition coefficient (Wildman–Crippen LogP) is 5.94. The van der Waals surface area contributed by atoms with Crippen molar-refractivity contribution in [1.82, 2.24) is 9.29 Å². The Morgan fingerprint density at radius 3 is 2.31 bits per heavy atom. The number of carbonyl (C=O) groups excluding carboxylic acids is 2. The first-order valence-corrected chi connectivity index (χ1v) is 19.8. The Morgan fingerprint density at radius 1 is 1.02 bits per heavy atom. The van der Waals surface area contributed by atoms with E-state index in [1.807, 2.05) is 0 Å². The largest absolute Gasteiger partial charge is 0.490 e. The lowest BCUT2D eigenvalue weighted by Gasteiger charge is -2.39. The van der Waals surface area contributed by atoms with Gasteiger partial charge in [-0.2, -0.15) is 25.9 Å². The minimum Gasteiger partial charge on any atom is -0.469 e. The fourth-order valence-corrected chi connectivity index (χ4v) is 9.47. The van der Waals surface area contributed by atoms with Gasteiger partial charge in [-0.15, -0.1) is 0 Å². The maximum absolute atomic E-state index is 14.5. The summed E-state index contributed by atoms with van der Waals surface area (Å²) in [5, 5.41) is 12.6. The summed E-state index contributed by atoms with van der Waals surface area (Å²) >= 11 is 0. The number of H-pyrrole nitrogens is 1. The molecule has 55 heavy (non-hydrogen) atoms. The fourth-order valence-electron chi connectivity index (χ4n) is 6.82. The maximum Gasteiger partial charge on any atom is 0.490 e. The summed E-state index contributed by atoms with van der Waals surface area (Å²) < 4.78 is 114. The number of nitrogens with one attached hydrogen (secondary N) is 1. The molecule has 1 aliphatic heterocycles. The highest BCUT2D eigenvalue weighted by Crippen LogP contribution is 2.40. The van der Waals surface area contributed by atoms with Crippen LogP contribution in [-0.2, 0) is 49.8 Å². The standard InChI is InChI=1S/C36H38F3N3O11S2/c1-4-35(53-34(44)36(37,38)39)20-24(21-52-55(49,50)25-15-13-23(2)14-16-25)19-28(33(43)51-3)32-27(26-9-5-6-10-29(26)40-32)17-18-41(22-35)54(47,48)31-12-8-7-11-30(31)42(45)46/h5-16,24,28,40H,4,17-22H2,1-3H3/t24-,28?,35+/m1/s1. The second-order valence-corrected chi connectivity index (χ2v) is 16.8. The predicted molar refractivity (Wildman–Crippen MR) is 191 cm³/mol. The van der Waals surface area contributed by atoms with Crippen LogP contribution in [0.1, 0.15) is 48.9 Å². The lowest BCUT2D eigenvalue weighted by molar-refractivity contribution is -0.387. The molecular weight excluding hydrogens is 772 g/mol. The van der Waals surface area contributed by atoms with Crippen LogP contribution in [0.4, 0.5) is 18.9 Å². The fraction of sp³-hybridized carbons (Fsp3) is 0.389. The number of nitro benzene ring substituents is 1. The first-order valence-electron chi connectivity index (χ1n) is 17.0. The molecule has 5 rings (SSSR count). The number of aryl methyl sites for hydroxylation is 1. The highest BCUT2D eigenvalue weighted by Gasteiger charge is 2.50. The van der Waals surface area contributed by atoms with Gasteiger partial charge in [-0.3, -0.25) is 19.1 Å². The number of para-hydroxylation sites is 2. The second kappa shape index (κ2) is 16.1. The Kier molecular flexibility index (Phi) is 12.1. The van der Waals surface area contributed by atoms with Crippen LogP contribution in [-0.4, -0.2) is 81.6 Å². The van der Waals surface area contributed by atoms with E-state index in [2.05, 4.69) is 4.98 Å². The van der Waals surface area contributed by atoms with Gasteiger partial charge in [-0.1, -0.05) is 55.0 Å². The van der Waals surface area contributed by atoms with Crippen molar-refractivity contribution in [3.63, 3.8) is 0 Å². The molecule has 19 heteroatoms. The summed E-state index contributed by atoms with van der Waals surface area (Å²) in [7, 11) is -8.33. The van der Waals surface area contributed by atoms with E-state index in [1.165, 1.54) is 43.3 Å².